The summed E-state index contributed by atoms with van der Waals surface area (Å²) in [5, 5.41) is 8.85. The highest BCUT2D eigenvalue weighted by Gasteiger charge is 2.30. The molecule has 3 atom stereocenters. The third kappa shape index (κ3) is 2.30. The van der Waals surface area contributed by atoms with Crippen LogP contribution in [0.15, 0.2) is 16.5 Å². The molecule has 94 valence electrons. The van der Waals surface area contributed by atoms with Gasteiger partial charge in [0.2, 0.25) is 5.76 Å². The van der Waals surface area contributed by atoms with E-state index < -0.39 is 5.97 Å². The Morgan fingerprint density at radius 1 is 1.41 bits per heavy atom. The van der Waals surface area contributed by atoms with Crippen molar-refractivity contribution in [3.8, 4) is 0 Å². The molecule has 1 aromatic heterocycles. The minimum atomic E-state index is -1.01. The summed E-state index contributed by atoms with van der Waals surface area (Å²) >= 11 is 0. The van der Waals surface area contributed by atoms with Crippen molar-refractivity contribution in [2.75, 3.05) is 11.4 Å². The maximum absolute atomic E-state index is 10.8. The summed E-state index contributed by atoms with van der Waals surface area (Å²) in [6.45, 7) is 7.54. The third-order valence-electron chi connectivity index (χ3n) is 3.68. The smallest absolute Gasteiger partial charge is 0.371 e. The average molecular weight is 237 g/mol. The van der Waals surface area contributed by atoms with Crippen LogP contribution in [-0.2, 0) is 0 Å². The SMILES string of the molecule is CC1CC(C)C(C)N(c2ccc(C(=O)O)o2)C1. The van der Waals surface area contributed by atoms with Crippen molar-refractivity contribution in [1.29, 1.82) is 0 Å². The van der Waals surface area contributed by atoms with Gasteiger partial charge in [-0.1, -0.05) is 13.8 Å². The molecule has 1 saturated heterocycles. The second kappa shape index (κ2) is 4.43. The Morgan fingerprint density at radius 3 is 2.71 bits per heavy atom. The monoisotopic (exact) mass is 237 g/mol. The van der Waals surface area contributed by atoms with Crippen molar-refractivity contribution in [1.82, 2.24) is 0 Å². The molecule has 0 aromatic carbocycles. The topological polar surface area (TPSA) is 53.7 Å². The van der Waals surface area contributed by atoms with E-state index >= 15 is 0 Å². The maximum atomic E-state index is 10.8. The Labute approximate surface area is 101 Å². The standard InChI is InChI=1S/C13H19NO3/c1-8-6-9(2)10(3)14(7-8)12-5-4-11(17-12)13(15)16/h4-5,8-10H,6-7H2,1-3H3,(H,15,16). The highest BCUT2D eigenvalue weighted by Crippen LogP contribution is 2.32. The van der Waals surface area contributed by atoms with Crippen molar-refractivity contribution >= 4 is 11.9 Å². The maximum Gasteiger partial charge on any atom is 0.371 e. The molecule has 4 nitrogen and oxygen atoms in total. The molecule has 0 radical (unpaired) electrons. The van der Waals surface area contributed by atoms with E-state index in [0.717, 1.165) is 6.54 Å². The number of carboxylic acids is 1. The minimum Gasteiger partial charge on any atom is -0.475 e. The van der Waals surface area contributed by atoms with Gasteiger partial charge in [-0.2, -0.15) is 0 Å². The third-order valence-corrected chi connectivity index (χ3v) is 3.68. The van der Waals surface area contributed by atoms with Gasteiger partial charge in [0.1, 0.15) is 0 Å². The predicted octanol–water partition coefficient (Wildman–Crippen LogP) is 2.85. The Kier molecular flexibility index (Phi) is 3.13. The number of carbonyl (C=O) groups is 1. The predicted molar refractivity (Wildman–Crippen MR) is 65.4 cm³/mol. The van der Waals surface area contributed by atoms with E-state index in [9.17, 15) is 4.79 Å². The number of hydrogen-bond donors (Lipinski definition) is 1. The molecule has 1 fully saturated rings. The van der Waals surface area contributed by atoms with Gasteiger partial charge in [0.15, 0.2) is 5.88 Å². The highest BCUT2D eigenvalue weighted by atomic mass is 16.4. The Hall–Kier alpha value is -1.45. The largest absolute Gasteiger partial charge is 0.475 e. The molecule has 1 aliphatic heterocycles. The van der Waals surface area contributed by atoms with E-state index in [-0.39, 0.29) is 5.76 Å². The van der Waals surface area contributed by atoms with Crippen LogP contribution in [0.3, 0.4) is 0 Å². The number of piperidine rings is 1. The fourth-order valence-electron chi connectivity index (χ4n) is 2.60. The van der Waals surface area contributed by atoms with Gasteiger partial charge in [0.25, 0.3) is 0 Å². The number of anilines is 1. The summed E-state index contributed by atoms with van der Waals surface area (Å²) < 4.78 is 5.38. The molecule has 1 aliphatic rings. The molecule has 2 rings (SSSR count). The minimum absolute atomic E-state index is 0.0121. The molecular formula is C13H19NO3. The van der Waals surface area contributed by atoms with Crippen LogP contribution in [-0.4, -0.2) is 23.7 Å². The van der Waals surface area contributed by atoms with Gasteiger partial charge < -0.3 is 14.4 Å². The molecule has 0 spiro atoms. The molecule has 4 heteroatoms. The highest BCUT2D eigenvalue weighted by molar-refractivity contribution is 5.84. The van der Waals surface area contributed by atoms with E-state index in [1.807, 2.05) is 0 Å². The number of rotatable bonds is 2. The summed E-state index contributed by atoms with van der Waals surface area (Å²) in [7, 11) is 0. The molecule has 1 N–H and O–H groups in total. The Morgan fingerprint density at radius 2 is 2.12 bits per heavy atom. The molecule has 2 heterocycles. The van der Waals surface area contributed by atoms with E-state index in [2.05, 4.69) is 25.7 Å². The first kappa shape index (κ1) is 12.0. The lowest BCUT2D eigenvalue weighted by Gasteiger charge is -2.40. The van der Waals surface area contributed by atoms with Gasteiger partial charge in [-0.05, 0) is 31.2 Å². The fraction of sp³-hybridized carbons (Fsp3) is 0.615. The first-order valence-corrected chi connectivity index (χ1v) is 6.08. The van der Waals surface area contributed by atoms with Crippen LogP contribution in [0.1, 0.15) is 37.7 Å². The molecule has 0 aliphatic carbocycles. The van der Waals surface area contributed by atoms with Gasteiger partial charge in [-0.25, -0.2) is 4.79 Å². The summed E-state index contributed by atoms with van der Waals surface area (Å²) in [6, 6.07) is 3.66. The fourth-order valence-corrected chi connectivity index (χ4v) is 2.60. The first-order valence-electron chi connectivity index (χ1n) is 6.08. The summed E-state index contributed by atoms with van der Waals surface area (Å²) in [4.78, 5) is 13.0. The van der Waals surface area contributed by atoms with Gasteiger partial charge in [0.05, 0.1) is 0 Å². The van der Waals surface area contributed by atoms with Crippen molar-refractivity contribution in [2.24, 2.45) is 11.8 Å². The average Bonchev–Trinajstić information content (AvgIpc) is 2.72. The molecule has 17 heavy (non-hydrogen) atoms. The zero-order valence-electron chi connectivity index (χ0n) is 10.5. The van der Waals surface area contributed by atoms with Gasteiger partial charge >= 0.3 is 5.97 Å². The van der Waals surface area contributed by atoms with Crippen molar-refractivity contribution in [3.05, 3.63) is 17.9 Å². The molecule has 3 unspecified atom stereocenters. The quantitative estimate of drug-likeness (QED) is 0.859. The Bertz CT molecular complexity index is 413. The van der Waals surface area contributed by atoms with Crippen LogP contribution < -0.4 is 4.90 Å². The Balaban J connectivity index is 2.22. The lowest BCUT2D eigenvalue weighted by molar-refractivity contribution is 0.0662. The van der Waals surface area contributed by atoms with Crippen molar-refractivity contribution in [2.45, 2.75) is 33.2 Å². The normalized spacial score (nSPS) is 29.4. The van der Waals surface area contributed by atoms with E-state index in [0.29, 0.717) is 23.8 Å². The van der Waals surface area contributed by atoms with Gasteiger partial charge in [0, 0.05) is 18.7 Å². The molecular weight excluding hydrogens is 218 g/mol. The first-order chi connectivity index (χ1) is 7.99. The van der Waals surface area contributed by atoms with Gasteiger partial charge in [-0.3, -0.25) is 0 Å². The molecule has 0 bridgehead atoms. The van der Waals surface area contributed by atoms with Crippen LogP contribution in [0.2, 0.25) is 0 Å². The lowest BCUT2D eigenvalue weighted by Crippen LogP contribution is -2.45. The summed E-state index contributed by atoms with van der Waals surface area (Å²) in [6.07, 6.45) is 1.21. The lowest BCUT2D eigenvalue weighted by atomic mass is 9.86. The van der Waals surface area contributed by atoms with Crippen molar-refractivity contribution < 1.29 is 14.3 Å². The van der Waals surface area contributed by atoms with Crippen LogP contribution in [0.5, 0.6) is 0 Å². The van der Waals surface area contributed by atoms with Crippen LogP contribution >= 0.6 is 0 Å². The number of hydrogen-bond acceptors (Lipinski definition) is 3. The number of furan rings is 1. The zero-order valence-corrected chi connectivity index (χ0v) is 10.5. The van der Waals surface area contributed by atoms with Crippen LogP contribution in [0.4, 0.5) is 5.88 Å². The van der Waals surface area contributed by atoms with Crippen LogP contribution in [0.25, 0.3) is 0 Å². The number of nitrogens with zero attached hydrogens (tertiary/aromatic N) is 1. The second-order valence-corrected chi connectivity index (χ2v) is 5.15. The number of carboxylic acid groups (broad SMARTS) is 1. The van der Waals surface area contributed by atoms with Crippen molar-refractivity contribution in [3.63, 3.8) is 0 Å². The molecule has 1 aromatic rings. The van der Waals surface area contributed by atoms with E-state index in [1.165, 1.54) is 12.5 Å². The van der Waals surface area contributed by atoms with E-state index in [4.69, 9.17) is 9.52 Å². The second-order valence-electron chi connectivity index (χ2n) is 5.15. The van der Waals surface area contributed by atoms with Crippen LogP contribution in [0, 0.1) is 11.8 Å². The zero-order chi connectivity index (χ0) is 12.6. The summed E-state index contributed by atoms with van der Waals surface area (Å²) in [5.74, 6) is 0.880. The number of aromatic carboxylic acids is 1. The van der Waals surface area contributed by atoms with E-state index in [1.54, 1.807) is 6.07 Å². The molecule has 0 saturated carbocycles. The summed E-state index contributed by atoms with van der Waals surface area (Å²) in [5.41, 5.74) is 0. The molecule has 0 amide bonds. The van der Waals surface area contributed by atoms with Gasteiger partial charge in [-0.15, -0.1) is 0 Å².